The van der Waals surface area contributed by atoms with Gasteiger partial charge >= 0.3 is 12.0 Å². The lowest BCUT2D eigenvalue weighted by molar-refractivity contribution is -0.158. The van der Waals surface area contributed by atoms with Crippen molar-refractivity contribution in [3.05, 3.63) is 42.1 Å². The monoisotopic (exact) mass is 373 g/mol. The van der Waals surface area contributed by atoms with Crippen LogP contribution in [0.5, 0.6) is 0 Å². The van der Waals surface area contributed by atoms with Gasteiger partial charge < -0.3 is 10.1 Å². The Balaban J connectivity index is 1.94. The molecule has 1 atom stereocenters. The fourth-order valence-corrected chi connectivity index (χ4v) is 2.36. The molecule has 2 amide bonds. The number of aromatic nitrogens is 3. The summed E-state index contributed by atoms with van der Waals surface area (Å²) in [6, 6.07) is 8.50. The highest BCUT2D eigenvalue weighted by Gasteiger charge is 2.29. The lowest BCUT2D eigenvalue weighted by atomic mass is 10.0. The molecule has 0 radical (unpaired) electrons. The first-order chi connectivity index (χ1) is 12.6. The van der Waals surface area contributed by atoms with Gasteiger partial charge in [-0.25, -0.2) is 14.3 Å². The summed E-state index contributed by atoms with van der Waals surface area (Å²) in [5.41, 5.74) is 0.450. The summed E-state index contributed by atoms with van der Waals surface area (Å²) in [7, 11) is 0. The summed E-state index contributed by atoms with van der Waals surface area (Å²) >= 11 is 0. The molecule has 1 aromatic heterocycles. The predicted molar refractivity (Wildman–Crippen MR) is 102 cm³/mol. The molecule has 1 heterocycles. The van der Waals surface area contributed by atoms with Crippen molar-refractivity contribution in [1.29, 1.82) is 0 Å². The summed E-state index contributed by atoms with van der Waals surface area (Å²) in [6.07, 6.45) is 1.63. The number of carbonyl (C=O) groups excluding carboxylic acids is 2. The van der Waals surface area contributed by atoms with Gasteiger partial charge in [0.1, 0.15) is 11.6 Å². The molecule has 8 nitrogen and oxygen atoms in total. The molecule has 0 fully saturated rings. The van der Waals surface area contributed by atoms with Crippen molar-refractivity contribution >= 4 is 17.8 Å². The highest BCUT2D eigenvalue weighted by atomic mass is 16.6. The molecule has 2 aromatic rings. The lowest BCUT2D eigenvalue weighted by Gasteiger charge is -2.26. The van der Waals surface area contributed by atoms with E-state index >= 15 is 0 Å². The molecular weight excluding hydrogens is 346 g/mol. The van der Waals surface area contributed by atoms with Crippen LogP contribution in [0.25, 0.3) is 0 Å². The van der Waals surface area contributed by atoms with Crippen molar-refractivity contribution in [2.24, 2.45) is 5.92 Å². The third-order valence-electron chi connectivity index (χ3n) is 3.58. The summed E-state index contributed by atoms with van der Waals surface area (Å²) in [4.78, 5) is 24.6. The standard InChI is InChI=1S/C19H27N5O3/c1-13(2)16(17(25)27-19(3,4)5)21-18(26)20-15-12-24(23-22-15)11-14-9-7-6-8-10-14/h6-10,12-13,16H,11H2,1-5H3,(H2,20,21,26)/t16-/m0/s1. The first kappa shape index (κ1) is 20.4. The number of urea groups is 1. The smallest absolute Gasteiger partial charge is 0.329 e. The molecule has 0 saturated heterocycles. The van der Waals surface area contributed by atoms with Gasteiger partial charge in [-0.2, -0.15) is 0 Å². The maximum atomic E-state index is 12.3. The minimum atomic E-state index is -0.761. The van der Waals surface area contributed by atoms with Gasteiger partial charge in [0.05, 0.1) is 12.7 Å². The Kier molecular flexibility index (Phi) is 6.55. The number of hydrogen-bond acceptors (Lipinski definition) is 5. The Morgan fingerprint density at radius 2 is 1.85 bits per heavy atom. The molecule has 2 N–H and O–H groups in total. The molecule has 146 valence electrons. The van der Waals surface area contributed by atoms with Crippen molar-refractivity contribution < 1.29 is 14.3 Å². The molecule has 0 unspecified atom stereocenters. The Bertz CT molecular complexity index is 765. The van der Waals surface area contributed by atoms with Crippen LogP contribution >= 0.6 is 0 Å². The maximum absolute atomic E-state index is 12.3. The number of hydrogen-bond donors (Lipinski definition) is 2. The van der Waals surface area contributed by atoms with E-state index in [9.17, 15) is 9.59 Å². The Morgan fingerprint density at radius 1 is 1.19 bits per heavy atom. The van der Waals surface area contributed by atoms with E-state index in [0.29, 0.717) is 12.4 Å². The van der Waals surface area contributed by atoms with Gasteiger partial charge in [-0.3, -0.25) is 5.32 Å². The minimum Gasteiger partial charge on any atom is -0.458 e. The van der Waals surface area contributed by atoms with Crippen LogP contribution < -0.4 is 10.6 Å². The van der Waals surface area contributed by atoms with E-state index in [1.54, 1.807) is 31.6 Å². The van der Waals surface area contributed by atoms with Crippen LogP contribution in [0.15, 0.2) is 36.5 Å². The topological polar surface area (TPSA) is 98.1 Å². The molecule has 2 rings (SSSR count). The molecule has 0 saturated carbocycles. The van der Waals surface area contributed by atoms with E-state index in [0.717, 1.165) is 5.56 Å². The second-order valence-electron chi connectivity index (χ2n) is 7.64. The van der Waals surface area contributed by atoms with Gasteiger partial charge in [0, 0.05) is 0 Å². The minimum absolute atomic E-state index is 0.126. The fourth-order valence-electron chi connectivity index (χ4n) is 2.36. The van der Waals surface area contributed by atoms with Crippen LogP contribution in [0.4, 0.5) is 10.6 Å². The average molecular weight is 373 g/mol. The quantitative estimate of drug-likeness (QED) is 0.759. The highest BCUT2D eigenvalue weighted by Crippen LogP contribution is 2.13. The van der Waals surface area contributed by atoms with E-state index in [-0.39, 0.29) is 5.92 Å². The number of nitrogens with zero attached hydrogens (tertiary/aromatic N) is 3. The van der Waals surface area contributed by atoms with Crippen LogP contribution in [-0.4, -0.2) is 38.6 Å². The van der Waals surface area contributed by atoms with Crippen molar-refractivity contribution in [2.45, 2.75) is 52.8 Å². The summed E-state index contributed by atoms with van der Waals surface area (Å²) in [5.74, 6) is -0.296. The molecule has 8 heteroatoms. The van der Waals surface area contributed by atoms with E-state index in [1.165, 1.54) is 0 Å². The largest absolute Gasteiger partial charge is 0.458 e. The molecule has 27 heavy (non-hydrogen) atoms. The normalized spacial score (nSPS) is 12.5. The van der Waals surface area contributed by atoms with Gasteiger partial charge in [-0.15, -0.1) is 5.10 Å². The average Bonchev–Trinajstić information content (AvgIpc) is 2.98. The van der Waals surface area contributed by atoms with Crippen LogP contribution in [-0.2, 0) is 16.1 Å². The highest BCUT2D eigenvalue weighted by molar-refractivity contribution is 5.91. The van der Waals surface area contributed by atoms with E-state index in [4.69, 9.17) is 4.74 Å². The van der Waals surface area contributed by atoms with Gasteiger partial charge in [0.25, 0.3) is 0 Å². The van der Waals surface area contributed by atoms with Crippen molar-refractivity contribution in [2.75, 3.05) is 5.32 Å². The third-order valence-corrected chi connectivity index (χ3v) is 3.58. The number of nitrogens with one attached hydrogen (secondary N) is 2. The van der Waals surface area contributed by atoms with Gasteiger partial charge in [0.2, 0.25) is 0 Å². The molecule has 0 aliphatic carbocycles. The summed E-state index contributed by atoms with van der Waals surface area (Å²) in [6.45, 7) is 9.58. The van der Waals surface area contributed by atoms with Gasteiger partial charge in [-0.1, -0.05) is 49.4 Å². The van der Waals surface area contributed by atoms with E-state index in [2.05, 4.69) is 20.9 Å². The number of carbonyl (C=O) groups is 2. The van der Waals surface area contributed by atoms with E-state index in [1.807, 2.05) is 44.2 Å². The Morgan fingerprint density at radius 3 is 2.44 bits per heavy atom. The van der Waals surface area contributed by atoms with Crippen LogP contribution in [0.3, 0.4) is 0 Å². The fraction of sp³-hybridized carbons (Fsp3) is 0.474. The maximum Gasteiger partial charge on any atom is 0.329 e. The molecule has 0 bridgehead atoms. The number of anilines is 1. The lowest BCUT2D eigenvalue weighted by Crippen LogP contribution is -2.48. The van der Waals surface area contributed by atoms with Gasteiger partial charge in [0.15, 0.2) is 5.82 Å². The number of ether oxygens (including phenoxy) is 1. The number of amides is 2. The third kappa shape index (κ3) is 6.73. The van der Waals surface area contributed by atoms with Crippen molar-refractivity contribution in [3.8, 4) is 0 Å². The van der Waals surface area contributed by atoms with Crippen LogP contribution in [0.2, 0.25) is 0 Å². The predicted octanol–water partition coefficient (Wildman–Crippen LogP) is 2.81. The number of rotatable bonds is 6. The Labute approximate surface area is 159 Å². The molecule has 0 spiro atoms. The zero-order valence-electron chi connectivity index (χ0n) is 16.4. The summed E-state index contributed by atoms with van der Waals surface area (Å²) < 4.78 is 6.99. The van der Waals surface area contributed by atoms with E-state index < -0.39 is 23.6 Å². The number of benzene rings is 1. The Hall–Kier alpha value is -2.90. The molecule has 0 aliphatic rings. The van der Waals surface area contributed by atoms with Gasteiger partial charge in [-0.05, 0) is 32.3 Å². The van der Waals surface area contributed by atoms with Crippen LogP contribution in [0.1, 0.15) is 40.2 Å². The number of esters is 1. The second-order valence-corrected chi connectivity index (χ2v) is 7.64. The first-order valence-electron chi connectivity index (χ1n) is 8.88. The molecule has 0 aliphatic heterocycles. The summed E-state index contributed by atoms with van der Waals surface area (Å²) in [5, 5.41) is 13.2. The van der Waals surface area contributed by atoms with Crippen molar-refractivity contribution in [1.82, 2.24) is 20.3 Å². The molecule has 1 aromatic carbocycles. The zero-order chi connectivity index (χ0) is 20.0. The molecular formula is C19H27N5O3. The second kappa shape index (κ2) is 8.66. The van der Waals surface area contributed by atoms with Crippen LogP contribution in [0, 0.1) is 5.92 Å². The SMILES string of the molecule is CC(C)[C@H](NC(=O)Nc1cn(Cc2ccccc2)nn1)C(=O)OC(C)(C)C. The van der Waals surface area contributed by atoms with Crippen molar-refractivity contribution in [3.63, 3.8) is 0 Å². The first-order valence-corrected chi connectivity index (χ1v) is 8.88. The zero-order valence-corrected chi connectivity index (χ0v) is 16.4.